The normalized spacial score (nSPS) is 11.5. The van der Waals surface area contributed by atoms with Crippen molar-refractivity contribution in [1.82, 2.24) is 4.98 Å². The predicted molar refractivity (Wildman–Crippen MR) is 86.4 cm³/mol. The van der Waals surface area contributed by atoms with Gasteiger partial charge >= 0.3 is 0 Å². The summed E-state index contributed by atoms with van der Waals surface area (Å²) in [7, 11) is -3.98. The molecule has 0 unspecified atom stereocenters. The number of pyridine rings is 1. The molecule has 0 bridgehead atoms. The summed E-state index contributed by atoms with van der Waals surface area (Å²) in [5, 5.41) is 5.11. The molecule has 0 aliphatic rings. The molecule has 0 radical (unpaired) electrons. The molecule has 3 aromatic rings. The highest BCUT2D eigenvalue weighted by atomic mass is 32.2. The van der Waals surface area contributed by atoms with E-state index in [0.717, 1.165) is 18.2 Å². The van der Waals surface area contributed by atoms with Gasteiger partial charge in [0.15, 0.2) is 0 Å². The van der Waals surface area contributed by atoms with Gasteiger partial charge in [0.25, 0.3) is 0 Å². The Kier molecular flexibility index (Phi) is 4.13. The maximum absolute atomic E-state index is 14.3. The van der Waals surface area contributed by atoms with E-state index in [1.165, 1.54) is 30.5 Å². The van der Waals surface area contributed by atoms with Crippen LogP contribution < -0.4 is 5.14 Å². The van der Waals surface area contributed by atoms with Crippen molar-refractivity contribution in [3.8, 4) is 22.4 Å². The van der Waals surface area contributed by atoms with E-state index in [0.29, 0.717) is 11.1 Å². The molecule has 0 saturated heterocycles. The molecule has 1 heterocycles. The van der Waals surface area contributed by atoms with Crippen LogP contribution >= 0.6 is 0 Å². The molecule has 1 aromatic heterocycles. The van der Waals surface area contributed by atoms with Gasteiger partial charge < -0.3 is 0 Å². The monoisotopic (exact) mass is 346 g/mol. The molecule has 0 fully saturated rings. The molecule has 122 valence electrons. The molecule has 0 spiro atoms. The van der Waals surface area contributed by atoms with Gasteiger partial charge in [-0.1, -0.05) is 18.2 Å². The third-order valence-electron chi connectivity index (χ3n) is 3.48. The van der Waals surface area contributed by atoms with Crippen molar-refractivity contribution >= 4 is 10.0 Å². The molecule has 24 heavy (non-hydrogen) atoms. The van der Waals surface area contributed by atoms with E-state index in [-0.39, 0.29) is 16.2 Å². The smallest absolute Gasteiger partial charge is 0.238 e. The molecule has 0 amide bonds. The van der Waals surface area contributed by atoms with Crippen LogP contribution in [-0.4, -0.2) is 13.4 Å². The zero-order chi connectivity index (χ0) is 17.3. The second-order valence-electron chi connectivity index (χ2n) is 5.09. The lowest BCUT2D eigenvalue weighted by Crippen LogP contribution is -2.12. The first-order valence-corrected chi connectivity index (χ1v) is 8.44. The number of nitrogens with two attached hydrogens (primary N) is 1. The van der Waals surface area contributed by atoms with E-state index in [4.69, 9.17) is 5.14 Å². The summed E-state index contributed by atoms with van der Waals surface area (Å²) in [5.41, 5.74) is 1.41. The summed E-state index contributed by atoms with van der Waals surface area (Å²) in [6.45, 7) is 0. The van der Waals surface area contributed by atoms with Crippen molar-refractivity contribution < 1.29 is 17.2 Å². The Balaban J connectivity index is 2.23. The average Bonchev–Trinajstić information content (AvgIpc) is 2.55. The minimum Gasteiger partial charge on any atom is -0.255 e. The fraction of sp³-hybridized carbons (Fsp3) is 0. The summed E-state index contributed by atoms with van der Waals surface area (Å²) in [6.07, 6.45) is 1.46. The quantitative estimate of drug-likeness (QED) is 0.790. The highest BCUT2D eigenvalue weighted by Gasteiger charge is 2.17. The largest absolute Gasteiger partial charge is 0.255 e. The van der Waals surface area contributed by atoms with Crippen molar-refractivity contribution in [3.63, 3.8) is 0 Å². The van der Waals surface area contributed by atoms with Crippen LogP contribution in [0.3, 0.4) is 0 Å². The van der Waals surface area contributed by atoms with Gasteiger partial charge in [-0.15, -0.1) is 0 Å². The van der Waals surface area contributed by atoms with Crippen molar-refractivity contribution in [2.45, 2.75) is 4.90 Å². The zero-order valence-electron chi connectivity index (χ0n) is 12.3. The SMILES string of the molecule is NS(=O)(=O)c1ccc(F)c(-c2ncccc2-c2ccc(F)cc2)c1. The molecule has 4 nitrogen and oxygen atoms in total. The van der Waals surface area contributed by atoms with Gasteiger partial charge in [0.1, 0.15) is 11.6 Å². The van der Waals surface area contributed by atoms with Gasteiger partial charge in [-0.2, -0.15) is 0 Å². The van der Waals surface area contributed by atoms with Gasteiger partial charge in [-0.3, -0.25) is 4.98 Å². The van der Waals surface area contributed by atoms with Gasteiger partial charge in [0.05, 0.1) is 10.6 Å². The maximum atomic E-state index is 14.3. The molecule has 2 N–H and O–H groups in total. The molecule has 0 aliphatic heterocycles. The van der Waals surface area contributed by atoms with E-state index in [1.54, 1.807) is 12.1 Å². The second kappa shape index (κ2) is 6.10. The van der Waals surface area contributed by atoms with E-state index >= 15 is 0 Å². The molecule has 0 aliphatic carbocycles. The van der Waals surface area contributed by atoms with Crippen molar-refractivity contribution in [3.05, 3.63) is 72.4 Å². The topological polar surface area (TPSA) is 73.1 Å². The van der Waals surface area contributed by atoms with Gasteiger partial charge in [0, 0.05) is 17.3 Å². The van der Waals surface area contributed by atoms with Gasteiger partial charge in [-0.25, -0.2) is 22.3 Å². The average molecular weight is 346 g/mol. The van der Waals surface area contributed by atoms with E-state index < -0.39 is 21.7 Å². The molecule has 3 rings (SSSR count). The summed E-state index contributed by atoms with van der Waals surface area (Å²) >= 11 is 0. The van der Waals surface area contributed by atoms with Gasteiger partial charge in [-0.05, 0) is 42.0 Å². The molecule has 0 atom stereocenters. The van der Waals surface area contributed by atoms with Crippen LogP contribution in [0.5, 0.6) is 0 Å². The lowest BCUT2D eigenvalue weighted by Gasteiger charge is -2.11. The Bertz CT molecular complexity index is 1000. The van der Waals surface area contributed by atoms with Gasteiger partial charge in [0.2, 0.25) is 10.0 Å². The fourth-order valence-corrected chi connectivity index (χ4v) is 2.88. The number of nitrogens with zero attached hydrogens (tertiary/aromatic N) is 1. The summed E-state index contributed by atoms with van der Waals surface area (Å²) in [5.74, 6) is -1.03. The third kappa shape index (κ3) is 3.17. The van der Waals surface area contributed by atoms with Crippen LogP contribution in [0, 0.1) is 11.6 Å². The molecule has 0 saturated carbocycles. The highest BCUT2D eigenvalue weighted by molar-refractivity contribution is 7.89. The van der Waals surface area contributed by atoms with Crippen LogP contribution in [0.4, 0.5) is 8.78 Å². The summed E-state index contributed by atoms with van der Waals surface area (Å²) in [4.78, 5) is 3.95. The van der Waals surface area contributed by atoms with E-state index in [1.807, 2.05) is 0 Å². The number of hydrogen-bond acceptors (Lipinski definition) is 3. The Hall–Kier alpha value is -2.64. The minimum atomic E-state index is -3.98. The number of sulfonamides is 1. The highest BCUT2D eigenvalue weighted by Crippen LogP contribution is 2.32. The number of halogens is 2. The summed E-state index contributed by atoms with van der Waals surface area (Å²) in [6, 6.07) is 12.2. The third-order valence-corrected chi connectivity index (χ3v) is 4.40. The lowest BCUT2D eigenvalue weighted by molar-refractivity contribution is 0.596. The Morgan fingerprint density at radius 2 is 1.62 bits per heavy atom. The zero-order valence-corrected chi connectivity index (χ0v) is 13.1. The summed E-state index contributed by atoms with van der Waals surface area (Å²) < 4.78 is 50.4. The maximum Gasteiger partial charge on any atom is 0.238 e. The Labute approximate surface area is 137 Å². The number of aromatic nitrogens is 1. The van der Waals surface area contributed by atoms with Crippen LogP contribution in [0.15, 0.2) is 65.7 Å². The first kappa shape index (κ1) is 16.2. The van der Waals surface area contributed by atoms with Crippen LogP contribution in [0.2, 0.25) is 0 Å². The van der Waals surface area contributed by atoms with Crippen LogP contribution in [0.1, 0.15) is 0 Å². The minimum absolute atomic E-state index is 0.00134. The number of rotatable bonds is 3. The standard InChI is InChI=1S/C17H12F2N2O2S/c18-12-5-3-11(4-6-12)14-2-1-9-21-17(14)15-10-13(24(20,22)23)7-8-16(15)19/h1-10H,(H2,20,22,23). The number of hydrogen-bond donors (Lipinski definition) is 1. The predicted octanol–water partition coefficient (Wildman–Crippen LogP) is 3.34. The molecule has 7 heteroatoms. The first-order chi connectivity index (χ1) is 11.4. The number of benzene rings is 2. The van der Waals surface area contributed by atoms with E-state index in [2.05, 4.69) is 4.98 Å². The fourth-order valence-electron chi connectivity index (χ4n) is 2.35. The first-order valence-electron chi connectivity index (χ1n) is 6.90. The van der Waals surface area contributed by atoms with Crippen molar-refractivity contribution in [1.29, 1.82) is 0 Å². The second-order valence-corrected chi connectivity index (χ2v) is 6.65. The number of primary sulfonamides is 1. The van der Waals surface area contributed by atoms with E-state index in [9.17, 15) is 17.2 Å². The Morgan fingerprint density at radius 3 is 2.29 bits per heavy atom. The Morgan fingerprint density at radius 1 is 0.917 bits per heavy atom. The van der Waals surface area contributed by atoms with Crippen molar-refractivity contribution in [2.24, 2.45) is 5.14 Å². The molecular weight excluding hydrogens is 334 g/mol. The van der Waals surface area contributed by atoms with Crippen molar-refractivity contribution in [2.75, 3.05) is 0 Å². The molecule has 2 aromatic carbocycles. The van der Waals surface area contributed by atoms with Crippen LogP contribution in [-0.2, 0) is 10.0 Å². The van der Waals surface area contributed by atoms with Crippen LogP contribution in [0.25, 0.3) is 22.4 Å². The molecular formula is C17H12F2N2O2S. The lowest BCUT2D eigenvalue weighted by atomic mass is 9.99.